The van der Waals surface area contributed by atoms with Crippen LogP contribution in [0.5, 0.6) is 0 Å². The van der Waals surface area contributed by atoms with E-state index in [0.29, 0.717) is 17.8 Å². The fourth-order valence-corrected chi connectivity index (χ4v) is 2.52. The molecule has 1 saturated carbocycles. The number of hydrogen-bond acceptors (Lipinski definition) is 4. The molecule has 1 heterocycles. The maximum absolute atomic E-state index is 9.99. The monoisotopic (exact) mass is 224 g/mol. The van der Waals surface area contributed by atoms with E-state index in [1.807, 2.05) is 17.2 Å². The molecule has 0 radical (unpaired) electrons. The number of allylic oxidation sites excluding steroid dienone is 2. The van der Waals surface area contributed by atoms with Crippen LogP contribution in [0.15, 0.2) is 24.0 Å². The van der Waals surface area contributed by atoms with Crippen molar-refractivity contribution in [2.45, 2.75) is 44.1 Å². The smallest absolute Gasteiger partial charge is 0.167 e. The molecular weight excluding hydrogens is 204 g/mol. The summed E-state index contributed by atoms with van der Waals surface area (Å²) in [4.78, 5) is 1.94. The zero-order chi connectivity index (χ0) is 11.5. The fourth-order valence-electron chi connectivity index (χ4n) is 2.52. The van der Waals surface area contributed by atoms with E-state index in [1.54, 1.807) is 13.2 Å². The van der Waals surface area contributed by atoms with E-state index in [9.17, 15) is 5.11 Å². The molecule has 1 aliphatic heterocycles. The molecule has 0 amide bonds. The predicted molar refractivity (Wildman–Crippen MR) is 62.3 cm³/mol. The number of rotatable bonds is 2. The SMILES string of the molecule is CO[C@@H]1CCC[C@H](N2C=CC=C(N)C2O)C1. The quantitative estimate of drug-likeness (QED) is 0.732. The lowest BCUT2D eigenvalue weighted by molar-refractivity contribution is -0.0127. The third-order valence-electron chi connectivity index (χ3n) is 3.48. The van der Waals surface area contributed by atoms with E-state index in [4.69, 9.17) is 10.5 Å². The Bertz CT molecular complexity index is 301. The highest BCUT2D eigenvalue weighted by Gasteiger charge is 2.30. The van der Waals surface area contributed by atoms with Crippen molar-refractivity contribution < 1.29 is 9.84 Å². The Labute approximate surface area is 96.4 Å². The highest BCUT2D eigenvalue weighted by Crippen LogP contribution is 2.28. The Morgan fingerprint density at radius 3 is 3.06 bits per heavy atom. The van der Waals surface area contributed by atoms with Gasteiger partial charge in [-0.15, -0.1) is 0 Å². The minimum absolute atomic E-state index is 0.312. The normalized spacial score (nSPS) is 35.0. The van der Waals surface area contributed by atoms with Crippen LogP contribution >= 0.6 is 0 Å². The first kappa shape index (κ1) is 11.5. The molecule has 0 aromatic rings. The topological polar surface area (TPSA) is 58.7 Å². The van der Waals surface area contributed by atoms with Gasteiger partial charge in [0.2, 0.25) is 0 Å². The molecule has 2 aliphatic rings. The van der Waals surface area contributed by atoms with Crippen LogP contribution < -0.4 is 5.73 Å². The number of nitrogens with two attached hydrogens (primary N) is 1. The summed E-state index contributed by atoms with van der Waals surface area (Å²) in [5.41, 5.74) is 6.25. The molecule has 0 aromatic heterocycles. The standard InChI is InChI=1S/C12H20N2O2/c1-16-10-5-2-4-9(8-10)14-7-3-6-11(13)12(14)15/h3,6-7,9-10,12,15H,2,4-5,8,13H2,1H3/t9-,10+,12?/m0/s1. The lowest BCUT2D eigenvalue weighted by Gasteiger charge is -2.40. The maximum Gasteiger partial charge on any atom is 0.167 e. The number of methoxy groups -OCH3 is 1. The van der Waals surface area contributed by atoms with Gasteiger partial charge in [-0.05, 0) is 37.8 Å². The molecule has 0 aromatic carbocycles. The van der Waals surface area contributed by atoms with Crippen molar-refractivity contribution in [1.29, 1.82) is 0 Å². The van der Waals surface area contributed by atoms with Crippen molar-refractivity contribution in [3.05, 3.63) is 24.0 Å². The zero-order valence-electron chi connectivity index (χ0n) is 9.67. The number of aliphatic hydroxyl groups excluding tert-OH is 1. The van der Waals surface area contributed by atoms with Crippen molar-refractivity contribution >= 4 is 0 Å². The summed E-state index contributed by atoms with van der Waals surface area (Å²) in [5, 5.41) is 9.99. The Morgan fingerprint density at radius 2 is 2.31 bits per heavy atom. The Morgan fingerprint density at radius 1 is 1.50 bits per heavy atom. The summed E-state index contributed by atoms with van der Waals surface area (Å²) in [5.74, 6) is 0. The van der Waals surface area contributed by atoms with Gasteiger partial charge in [-0.3, -0.25) is 0 Å². The van der Waals surface area contributed by atoms with Gasteiger partial charge in [-0.25, -0.2) is 0 Å². The number of nitrogens with zero attached hydrogens (tertiary/aromatic N) is 1. The summed E-state index contributed by atoms with van der Waals surface area (Å²) in [6.07, 6.45) is 9.51. The van der Waals surface area contributed by atoms with Crippen molar-refractivity contribution in [3.8, 4) is 0 Å². The van der Waals surface area contributed by atoms with Crippen LogP contribution in [0.4, 0.5) is 0 Å². The van der Waals surface area contributed by atoms with Crippen molar-refractivity contribution in [2.75, 3.05) is 7.11 Å². The average Bonchev–Trinajstić information content (AvgIpc) is 2.33. The van der Waals surface area contributed by atoms with Gasteiger partial charge in [0.1, 0.15) is 0 Å². The Balaban J connectivity index is 2.02. The van der Waals surface area contributed by atoms with Gasteiger partial charge >= 0.3 is 0 Å². The molecular formula is C12H20N2O2. The third kappa shape index (κ3) is 2.23. The lowest BCUT2D eigenvalue weighted by atomic mass is 9.91. The first-order chi connectivity index (χ1) is 7.72. The van der Waals surface area contributed by atoms with Crippen molar-refractivity contribution in [1.82, 2.24) is 4.90 Å². The molecule has 3 N–H and O–H groups in total. The summed E-state index contributed by atoms with van der Waals surface area (Å²) in [7, 11) is 1.75. The molecule has 0 saturated heterocycles. The minimum Gasteiger partial charge on any atom is -0.398 e. The van der Waals surface area contributed by atoms with Crippen molar-refractivity contribution in [2.24, 2.45) is 5.73 Å². The molecule has 16 heavy (non-hydrogen) atoms. The van der Waals surface area contributed by atoms with E-state index < -0.39 is 6.23 Å². The van der Waals surface area contributed by atoms with Crippen LogP contribution in [0.2, 0.25) is 0 Å². The molecule has 2 rings (SSSR count). The van der Waals surface area contributed by atoms with Gasteiger partial charge in [0.05, 0.1) is 11.8 Å². The molecule has 0 spiro atoms. The van der Waals surface area contributed by atoms with Gasteiger partial charge < -0.3 is 20.5 Å². The van der Waals surface area contributed by atoms with Crippen molar-refractivity contribution in [3.63, 3.8) is 0 Å². The number of aliphatic hydroxyl groups is 1. The van der Waals surface area contributed by atoms with E-state index in [0.717, 1.165) is 25.7 Å². The van der Waals surface area contributed by atoms with Gasteiger partial charge in [0.25, 0.3) is 0 Å². The second-order valence-corrected chi connectivity index (χ2v) is 4.51. The molecule has 3 atom stereocenters. The van der Waals surface area contributed by atoms with Crippen LogP contribution in [0.25, 0.3) is 0 Å². The van der Waals surface area contributed by atoms with Crippen LogP contribution in [-0.4, -0.2) is 35.5 Å². The van der Waals surface area contributed by atoms with E-state index in [2.05, 4.69) is 0 Å². The van der Waals surface area contributed by atoms with Gasteiger partial charge in [0, 0.05) is 19.4 Å². The third-order valence-corrected chi connectivity index (χ3v) is 3.48. The van der Waals surface area contributed by atoms with Gasteiger partial charge in [0.15, 0.2) is 6.23 Å². The molecule has 4 heteroatoms. The molecule has 4 nitrogen and oxygen atoms in total. The van der Waals surface area contributed by atoms with Gasteiger partial charge in [-0.2, -0.15) is 0 Å². The molecule has 90 valence electrons. The molecule has 1 aliphatic carbocycles. The van der Waals surface area contributed by atoms with E-state index in [-0.39, 0.29) is 0 Å². The fraction of sp³-hybridized carbons (Fsp3) is 0.667. The first-order valence-electron chi connectivity index (χ1n) is 5.84. The van der Waals surface area contributed by atoms with E-state index >= 15 is 0 Å². The van der Waals surface area contributed by atoms with Gasteiger partial charge in [-0.1, -0.05) is 0 Å². The number of hydrogen-bond donors (Lipinski definition) is 2. The predicted octanol–water partition coefficient (Wildman–Crippen LogP) is 0.934. The summed E-state index contributed by atoms with van der Waals surface area (Å²) in [6.45, 7) is 0. The maximum atomic E-state index is 9.99. The van der Waals surface area contributed by atoms with E-state index in [1.165, 1.54) is 0 Å². The lowest BCUT2D eigenvalue weighted by Crippen LogP contribution is -2.46. The van der Waals surface area contributed by atoms with Crippen LogP contribution in [0, 0.1) is 0 Å². The number of ether oxygens (including phenoxy) is 1. The highest BCUT2D eigenvalue weighted by molar-refractivity contribution is 5.19. The first-order valence-corrected chi connectivity index (χ1v) is 5.84. The average molecular weight is 224 g/mol. The van der Waals surface area contributed by atoms with Crippen LogP contribution in [-0.2, 0) is 4.74 Å². The molecule has 1 unspecified atom stereocenters. The van der Waals surface area contributed by atoms with Crippen LogP contribution in [0.3, 0.4) is 0 Å². The second kappa shape index (κ2) is 4.89. The highest BCUT2D eigenvalue weighted by atomic mass is 16.5. The second-order valence-electron chi connectivity index (χ2n) is 4.51. The zero-order valence-corrected chi connectivity index (χ0v) is 9.67. The largest absolute Gasteiger partial charge is 0.398 e. The molecule has 0 bridgehead atoms. The minimum atomic E-state index is -0.675. The Hall–Kier alpha value is -1.00. The summed E-state index contributed by atoms with van der Waals surface area (Å²) in [6, 6.07) is 0.331. The Kier molecular flexibility index (Phi) is 3.51. The summed E-state index contributed by atoms with van der Waals surface area (Å²) >= 11 is 0. The van der Waals surface area contributed by atoms with Crippen LogP contribution in [0.1, 0.15) is 25.7 Å². The molecule has 1 fully saturated rings. The summed E-state index contributed by atoms with van der Waals surface area (Å²) < 4.78 is 5.40.